The summed E-state index contributed by atoms with van der Waals surface area (Å²) in [6.45, 7) is 2.70. The second-order valence-corrected chi connectivity index (χ2v) is 8.60. The molecule has 5 rings (SSSR count). The van der Waals surface area contributed by atoms with Gasteiger partial charge in [-0.25, -0.2) is 19.2 Å². The Morgan fingerprint density at radius 2 is 2.06 bits per heavy atom. The Bertz CT molecular complexity index is 1180. The SMILES string of the molecule is O=C(O)N(C[C@H]1CCN(c2nc(-c3ccccc3O)nc3ccc(F)cc23)C1)[C@@H]1CCOC1. The van der Waals surface area contributed by atoms with Gasteiger partial charge < -0.3 is 24.7 Å². The van der Waals surface area contributed by atoms with Crippen LogP contribution in [-0.2, 0) is 4.74 Å². The number of phenols is 1. The van der Waals surface area contributed by atoms with Crippen LogP contribution in [0.15, 0.2) is 42.5 Å². The van der Waals surface area contributed by atoms with E-state index in [1.807, 2.05) is 0 Å². The van der Waals surface area contributed by atoms with Gasteiger partial charge in [0.1, 0.15) is 17.4 Å². The van der Waals surface area contributed by atoms with Gasteiger partial charge in [-0.3, -0.25) is 0 Å². The molecule has 1 aromatic heterocycles. The van der Waals surface area contributed by atoms with Gasteiger partial charge in [-0.15, -0.1) is 0 Å². The van der Waals surface area contributed by atoms with Crippen LogP contribution in [0, 0.1) is 11.7 Å². The number of rotatable bonds is 5. The normalized spacial score (nSPS) is 20.5. The molecule has 172 valence electrons. The third-order valence-corrected chi connectivity index (χ3v) is 6.42. The molecule has 0 unspecified atom stereocenters. The zero-order chi connectivity index (χ0) is 22.9. The minimum absolute atomic E-state index is 0.0695. The fourth-order valence-corrected chi connectivity index (χ4v) is 4.71. The summed E-state index contributed by atoms with van der Waals surface area (Å²) in [5, 5.41) is 20.6. The number of para-hydroxylation sites is 1. The third-order valence-electron chi connectivity index (χ3n) is 6.42. The van der Waals surface area contributed by atoms with Crippen LogP contribution in [0.3, 0.4) is 0 Å². The molecular formula is C24H25FN4O4. The molecule has 2 aliphatic rings. The van der Waals surface area contributed by atoms with Crippen LogP contribution >= 0.6 is 0 Å². The van der Waals surface area contributed by atoms with Gasteiger partial charge in [-0.1, -0.05) is 12.1 Å². The quantitative estimate of drug-likeness (QED) is 0.608. The predicted molar refractivity (Wildman–Crippen MR) is 121 cm³/mol. The van der Waals surface area contributed by atoms with Gasteiger partial charge >= 0.3 is 6.09 Å². The van der Waals surface area contributed by atoms with E-state index in [0.29, 0.717) is 67.4 Å². The topological polar surface area (TPSA) is 99.0 Å². The van der Waals surface area contributed by atoms with Crippen LogP contribution in [0.1, 0.15) is 12.8 Å². The molecule has 9 heteroatoms. The lowest BCUT2D eigenvalue weighted by molar-refractivity contribution is 0.104. The van der Waals surface area contributed by atoms with Gasteiger partial charge in [0.15, 0.2) is 5.82 Å². The Balaban J connectivity index is 1.46. The number of anilines is 1. The van der Waals surface area contributed by atoms with Gasteiger partial charge in [0, 0.05) is 31.6 Å². The number of halogens is 1. The lowest BCUT2D eigenvalue weighted by Crippen LogP contribution is -2.43. The molecule has 2 saturated heterocycles. The predicted octanol–water partition coefficient (Wildman–Crippen LogP) is 3.74. The van der Waals surface area contributed by atoms with Gasteiger partial charge in [0.2, 0.25) is 0 Å². The minimum Gasteiger partial charge on any atom is -0.507 e. The molecule has 0 aliphatic carbocycles. The Hall–Kier alpha value is -3.46. The van der Waals surface area contributed by atoms with E-state index in [0.717, 1.165) is 6.42 Å². The second kappa shape index (κ2) is 8.82. The van der Waals surface area contributed by atoms with Crippen molar-refractivity contribution in [2.75, 3.05) is 37.7 Å². The highest BCUT2D eigenvalue weighted by Gasteiger charge is 2.33. The summed E-state index contributed by atoms with van der Waals surface area (Å²) in [5.41, 5.74) is 1.08. The fourth-order valence-electron chi connectivity index (χ4n) is 4.71. The van der Waals surface area contributed by atoms with Gasteiger partial charge in [0.05, 0.1) is 23.7 Å². The van der Waals surface area contributed by atoms with Crippen LogP contribution < -0.4 is 4.90 Å². The lowest BCUT2D eigenvalue weighted by Gasteiger charge is -2.28. The van der Waals surface area contributed by atoms with Gasteiger partial charge in [0.25, 0.3) is 0 Å². The zero-order valence-corrected chi connectivity index (χ0v) is 18.0. The van der Waals surface area contributed by atoms with Crippen molar-refractivity contribution in [3.05, 3.63) is 48.3 Å². The first kappa shape index (κ1) is 21.4. The van der Waals surface area contributed by atoms with E-state index in [1.54, 1.807) is 30.3 Å². The lowest BCUT2D eigenvalue weighted by atomic mass is 10.1. The van der Waals surface area contributed by atoms with Crippen LogP contribution in [0.5, 0.6) is 5.75 Å². The van der Waals surface area contributed by atoms with Crippen molar-refractivity contribution in [1.82, 2.24) is 14.9 Å². The molecule has 2 fully saturated rings. The average molecular weight is 452 g/mol. The molecule has 3 aromatic rings. The summed E-state index contributed by atoms with van der Waals surface area (Å²) in [4.78, 5) is 24.7. The number of phenolic OH excluding ortho intramolecular Hbond substituents is 1. The molecule has 0 spiro atoms. The number of aromatic hydroxyl groups is 1. The molecule has 33 heavy (non-hydrogen) atoms. The number of fused-ring (bicyclic) bond motifs is 1. The molecule has 2 aromatic carbocycles. The summed E-state index contributed by atoms with van der Waals surface area (Å²) < 4.78 is 19.5. The number of carboxylic acid groups (broad SMARTS) is 1. The van der Waals surface area contributed by atoms with E-state index in [9.17, 15) is 19.4 Å². The minimum atomic E-state index is -0.930. The van der Waals surface area contributed by atoms with Crippen molar-refractivity contribution in [2.24, 2.45) is 5.92 Å². The summed E-state index contributed by atoms with van der Waals surface area (Å²) in [6.07, 6.45) is 0.576. The maximum Gasteiger partial charge on any atom is 0.407 e. The summed E-state index contributed by atoms with van der Waals surface area (Å²) in [7, 11) is 0. The van der Waals surface area contributed by atoms with E-state index in [1.165, 1.54) is 17.0 Å². The first-order chi connectivity index (χ1) is 16.0. The second-order valence-electron chi connectivity index (χ2n) is 8.60. The van der Waals surface area contributed by atoms with Crippen molar-refractivity contribution in [2.45, 2.75) is 18.9 Å². The van der Waals surface area contributed by atoms with Crippen LogP contribution in [0.25, 0.3) is 22.3 Å². The van der Waals surface area contributed by atoms with Crippen molar-refractivity contribution >= 4 is 22.8 Å². The summed E-state index contributed by atoms with van der Waals surface area (Å²) in [5.74, 6) is 0.762. The molecule has 2 N–H and O–H groups in total. The average Bonchev–Trinajstić information content (AvgIpc) is 3.49. The summed E-state index contributed by atoms with van der Waals surface area (Å²) >= 11 is 0. The Morgan fingerprint density at radius 1 is 1.21 bits per heavy atom. The standard InChI is InChI=1S/C24H25FN4O4/c25-16-5-6-20-19(11-16)23(27-22(26-20)18-3-1-2-4-21(18)30)28-9-7-15(12-28)13-29(24(31)32)17-8-10-33-14-17/h1-6,11,15,17,30H,7-10,12-14H2,(H,31,32)/t15-,17+/m0/s1. The number of ether oxygens (including phenoxy) is 1. The number of aromatic nitrogens is 2. The zero-order valence-electron chi connectivity index (χ0n) is 18.0. The van der Waals surface area contributed by atoms with Crippen molar-refractivity contribution < 1.29 is 24.1 Å². The van der Waals surface area contributed by atoms with Crippen LogP contribution in [0.4, 0.5) is 15.0 Å². The van der Waals surface area contributed by atoms with Crippen molar-refractivity contribution in [3.63, 3.8) is 0 Å². The first-order valence-corrected chi connectivity index (χ1v) is 11.1. The Labute approximate surface area is 190 Å². The highest BCUT2D eigenvalue weighted by atomic mass is 19.1. The van der Waals surface area contributed by atoms with Crippen LogP contribution in [-0.4, -0.2) is 70.1 Å². The maximum absolute atomic E-state index is 14.1. The Kier molecular flexibility index (Phi) is 5.72. The van der Waals surface area contributed by atoms with E-state index in [-0.39, 0.29) is 23.5 Å². The largest absolute Gasteiger partial charge is 0.507 e. The highest BCUT2D eigenvalue weighted by molar-refractivity contribution is 5.91. The van der Waals surface area contributed by atoms with E-state index < -0.39 is 6.09 Å². The fraction of sp³-hybridized carbons (Fsp3) is 0.375. The number of benzene rings is 2. The number of hydrogen-bond acceptors (Lipinski definition) is 6. The molecule has 0 radical (unpaired) electrons. The molecule has 1 amide bonds. The first-order valence-electron chi connectivity index (χ1n) is 11.1. The van der Waals surface area contributed by atoms with E-state index in [2.05, 4.69) is 9.88 Å². The molecule has 2 atom stereocenters. The monoisotopic (exact) mass is 452 g/mol. The maximum atomic E-state index is 14.1. The summed E-state index contributed by atoms with van der Waals surface area (Å²) in [6, 6.07) is 11.1. The molecule has 2 aliphatic heterocycles. The number of nitrogens with zero attached hydrogens (tertiary/aromatic N) is 4. The molecular weight excluding hydrogens is 427 g/mol. The van der Waals surface area contributed by atoms with Crippen LogP contribution in [0.2, 0.25) is 0 Å². The van der Waals surface area contributed by atoms with Gasteiger partial charge in [-0.2, -0.15) is 0 Å². The molecule has 0 bridgehead atoms. The van der Waals surface area contributed by atoms with Crippen molar-refractivity contribution in [3.8, 4) is 17.1 Å². The smallest absolute Gasteiger partial charge is 0.407 e. The number of hydrogen-bond donors (Lipinski definition) is 2. The van der Waals surface area contributed by atoms with Gasteiger partial charge in [-0.05, 0) is 49.1 Å². The Morgan fingerprint density at radius 3 is 2.82 bits per heavy atom. The van der Waals surface area contributed by atoms with E-state index in [4.69, 9.17) is 9.72 Å². The third kappa shape index (κ3) is 4.28. The van der Waals surface area contributed by atoms with E-state index >= 15 is 0 Å². The molecule has 3 heterocycles. The van der Waals surface area contributed by atoms with Crippen molar-refractivity contribution in [1.29, 1.82) is 0 Å². The molecule has 0 saturated carbocycles. The number of carbonyl (C=O) groups is 1. The molecule has 8 nitrogen and oxygen atoms in total. The highest BCUT2D eigenvalue weighted by Crippen LogP contribution is 2.34. The number of amides is 1.